The van der Waals surface area contributed by atoms with Crippen LogP contribution in [0.25, 0.3) is 0 Å². The molecule has 5 nitrogen and oxygen atoms in total. The fourth-order valence-electron chi connectivity index (χ4n) is 1.86. The van der Waals surface area contributed by atoms with Crippen LogP contribution >= 0.6 is 15.9 Å². The minimum Gasteiger partial charge on any atom is -0.497 e. The highest BCUT2D eigenvalue weighted by Crippen LogP contribution is 2.28. The van der Waals surface area contributed by atoms with Gasteiger partial charge in [0.2, 0.25) is 5.91 Å². The molecule has 116 valence electrons. The predicted molar refractivity (Wildman–Crippen MR) is 90.8 cm³/mol. The van der Waals surface area contributed by atoms with E-state index in [9.17, 15) is 4.79 Å². The molecule has 0 aromatic heterocycles. The lowest BCUT2D eigenvalue weighted by molar-refractivity contribution is -0.114. The molecular weight excluding hydrogens is 348 g/mol. The Morgan fingerprint density at radius 3 is 2.45 bits per heavy atom. The zero-order valence-corrected chi connectivity index (χ0v) is 13.9. The van der Waals surface area contributed by atoms with E-state index in [4.69, 9.17) is 9.47 Å². The molecule has 0 radical (unpaired) electrons. The van der Waals surface area contributed by atoms with E-state index in [0.717, 1.165) is 10.2 Å². The second-order valence-corrected chi connectivity index (χ2v) is 5.39. The van der Waals surface area contributed by atoms with E-state index in [1.54, 1.807) is 32.4 Å². The zero-order valence-electron chi connectivity index (χ0n) is 12.4. The van der Waals surface area contributed by atoms with E-state index >= 15 is 0 Å². The van der Waals surface area contributed by atoms with Crippen LogP contribution in [-0.4, -0.2) is 26.7 Å². The van der Waals surface area contributed by atoms with Gasteiger partial charge in [-0.1, -0.05) is 15.9 Å². The number of halogens is 1. The molecule has 1 amide bonds. The van der Waals surface area contributed by atoms with E-state index in [1.165, 1.54) is 0 Å². The summed E-state index contributed by atoms with van der Waals surface area (Å²) in [6, 6.07) is 12.8. The van der Waals surface area contributed by atoms with Gasteiger partial charge in [-0.25, -0.2) is 0 Å². The van der Waals surface area contributed by atoms with Gasteiger partial charge < -0.3 is 20.1 Å². The number of anilines is 2. The van der Waals surface area contributed by atoms with Gasteiger partial charge in [0.1, 0.15) is 11.5 Å². The number of carbonyl (C=O) groups excluding carboxylic acids is 1. The van der Waals surface area contributed by atoms with Crippen molar-refractivity contribution in [3.05, 3.63) is 46.9 Å². The minimum atomic E-state index is -0.172. The van der Waals surface area contributed by atoms with Gasteiger partial charge in [-0.3, -0.25) is 4.79 Å². The molecule has 0 saturated heterocycles. The van der Waals surface area contributed by atoms with Crippen LogP contribution in [0.5, 0.6) is 11.5 Å². The van der Waals surface area contributed by atoms with E-state index in [0.29, 0.717) is 17.2 Å². The van der Waals surface area contributed by atoms with E-state index in [-0.39, 0.29) is 12.5 Å². The van der Waals surface area contributed by atoms with Crippen LogP contribution in [0.2, 0.25) is 0 Å². The Morgan fingerprint density at radius 1 is 1.09 bits per heavy atom. The second-order valence-electron chi connectivity index (χ2n) is 4.47. The van der Waals surface area contributed by atoms with Crippen LogP contribution in [0.1, 0.15) is 0 Å². The Labute approximate surface area is 137 Å². The number of rotatable bonds is 6. The van der Waals surface area contributed by atoms with Crippen molar-refractivity contribution in [1.82, 2.24) is 0 Å². The molecule has 0 heterocycles. The molecule has 0 aliphatic heterocycles. The molecule has 2 rings (SSSR count). The van der Waals surface area contributed by atoms with Gasteiger partial charge in [0.25, 0.3) is 0 Å². The average Bonchev–Trinajstić information content (AvgIpc) is 2.54. The Kier molecular flexibility index (Phi) is 5.66. The Morgan fingerprint density at radius 2 is 1.82 bits per heavy atom. The number of hydrogen-bond donors (Lipinski definition) is 2. The molecule has 2 aromatic carbocycles. The normalized spacial score (nSPS) is 9.95. The summed E-state index contributed by atoms with van der Waals surface area (Å²) in [7, 11) is 3.13. The Bertz CT molecular complexity index is 644. The van der Waals surface area contributed by atoms with Gasteiger partial charge in [0.05, 0.1) is 26.5 Å². The fourth-order valence-corrected chi connectivity index (χ4v) is 2.12. The van der Waals surface area contributed by atoms with Crippen LogP contribution in [0.15, 0.2) is 46.9 Å². The minimum absolute atomic E-state index is 0.155. The first kappa shape index (κ1) is 16.2. The Balaban J connectivity index is 1.98. The van der Waals surface area contributed by atoms with Crippen LogP contribution in [0.4, 0.5) is 11.4 Å². The van der Waals surface area contributed by atoms with Crippen molar-refractivity contribution in [1.29, 1.82) is 0 Å². The second kappa shape index (κ2) is 7.70. The number of carbonyl (C=O) groups is 1. The SMILES string of the molecule is COc1ccc(OC)c(NC(=O)CNc2ccc(Br)cc2)c1. The van der Waals surface area contributed by atoms with Crippen LogP contribution in [0, 0.1) is 0 Å². The molecule has 0 spiro atoms. The summed E-state index contributed by atoms with van der Waals surface area (Å²) in [5.74, 6) is 1.06. The summed E-state index contributed by atoms with van der Waals surface area (Å²) in [5, 5.41) is 5.86. The van der Waals surface area contributed by atoms with Crippen LogP contribution < -0.4 is 20.1 Å². The smallest absolute Gasteiger partial charge is 0.243 e. The summed E-state index contributed by atoms with van der Waals surface area (Å²) in [6.45, 7) is 0.155. The van der Waals surface area contributed by atoms with Crippen molar-refractivity contribution in [2.24, 2.45) is 0 Å². The molecule has 2 N–H and O–H groups in total. The third-order valence-corrected chi connectivity index (χ3v) is 3.51. The largest absolute Gasteiger partial charge is 0.497 e. The monoisotopic (exact) mass is 364 g/mol. The third kappa shape index (κ3) is 4.39. The molecule has 0 aliphatic rings. The van der Waals surface area contributed by atoms with Crippen molar-refractivity contribution in [3.63, 3.8) is 0 Å². The number of hydrogen-bond acceptors (Lipinski definition) is 4. The highest BCUT2D eigenvalue weighted by molar-refractivity contribution is 9.10. The van der Waals surface area contributed by atoms with Crippen molar-refractivity contribution in [2.75, 3.05) is 31.4 Å². The first-order chi connectivity index (χ1) is 10.6. The van der Waals surface area contributed by atoms with Gasteiger partial charge in [-0.2, -0.15) is 0 Å². The van der Waals surface area contributed by atoms with Crippen LogP contribution in [-0.2, 0) is 4.79 Å². The van der Waals surface area contributed by atoms with Crippen molar-refractivity contribution >= 4 is 33.2 Å². The van der Waals surface area contributed by atoms with Crippen molar-refractivity contribution < 1.29 is 14.3 Å². The Hall–Kier alpha value is -2.21. The summed E-state index contributed by atoms with van der Waals surface area (Å²) in [4.78, 5) is 12.0. The average molecular weight is 365 g/mol. The maximum Gasteiger partial charge on any atom is 0.243 e. The molecule has 0 bridgehead atoms. The van der Waals surface area contributed by atoms with Crippen molar-refractivity contribution in [3.8, 4) is 11.5 Å². The number of nitrogens with one attached hydrogen (secondary N) is 2. The van der Waals surface area contributed by atoms with E-state index in [1.807, 2.05) is 24.3 Å². The number of ether oxygens (including phenoxy) is 2. The maximum atomic E-state index is 12.0. The van der Waals surface area contributed by atoms with Gasteiger partial charge in [-0.15, -0.1) is 0 Å². The van der Waals surface area contributed by atoms with Gasteiger partial charge in [0.15, 0.2) is 0 Å². The third-order valence-electron chi connectivity index (χ3n) is 2.98. The first-order valence-electron chi connectivity index (χ1n) is 6.63. The summed E-state index contributed by atoms with van der Waals surface area (Å²) < 4.78 is 11.4. The number of benzene rings is 2. The maximum absolute atomic E-state index is 12.0. The lowest BCUT2D eigenvalue weighted by Gasteiger charge is -2.12. The quantitative estimate of drug-likeness (QED) is 0.823. The lowest BCUT2D eigenvalue weighted by Crippen LogP contribution is -2.22. The highest BCUT2D eigenvalue weighted by Gasteiger charge is 2.09. The fraction of sp³-hybridized carbons (Fsp3) is 0.188. The molecule has 2 aromatic rings. The number of methoxy groups -OCH3 is 2. The predicted octanol–water partition coefficient (Wildman–Crippen LogP) is 3.52. The van der Waals surface area contributed by atoms with E-state index in [2.05, 4.69) is 26.6 Å². The summed E-state index contributed by atoms with van der Waals surface area (Å²) in [6.07, 6.45) is 0. The van der Waals surface area contributed by atoms with E-state index < -0.39 is 0 Å². The first-order valence-corrected chi connectivity index (χ1v) is 7.43. The summed E-state index contributed by atoms with van der Waals surface area (Å²) >= 11 is 3.37. The molecule has 0 fully saturated rings. The topological polar surface area (TPSA) is 59.6 Å². The van der Waals surface area contributed by atoms with Gasteiger partial charge in [-0.05, 0) is 36.4 Å². The number of amides is 1. The van der Waals surface area contributed by atoms with Gasteiger partial charge in [0, 0.05) is 16.2 Å². The summed E-state index contributed by atoms with van der Waals surface area (Å²) in [5.41, 5.74) is 1.44. The van der Waals surface area contributed by atoms with Gasteiger partial charge >= 0.3 is 0 Å². The standard InChI is InChI=1S/C16H17BrN2O3/c1-21-13-7-8-15(22-2)14(9-13)19-16(20)10-18-12-5-3-11(17)4-6-12/h3-9,18H,10H2,1-2H3,(H,19,20). The highest BCUT2D eigenvalue weighted by atomic mass is 79.9. The molecule has 0 atom stereocenters. The zero-order chi connectivity index (χ0) is 15.9. The molecular formula is C16H17BrN2O3. The molecule has 22 heavy (non-hydrogen) atoms. The van der Waals surface area contributed by atoms with Crippen LogP contribution in [0.3, 0.4) is 0 Å². The lowest BCUT2D eigenvalue weighted by atomic mass is 10.2. The molecule has 0 saturated carbocycles. The molecule has 6 heteroatoms. The van der Waals surface area contributed by atoms with Crippen molar-refractivity contribution in [2.45, 2.75) is 0 Å². The molecule has 0 unspecified atom stereocenters. The molecule has 0 aliphatic carbocycles.